The molecule has 0 aliphatic heterocycles. The van der Waals surface area contributed by atoms with Crippen molar-refractivity contribution >= 4 is 29.1 Å². The van der Waals surface area contributed by atoms with Crippen LogP contribution in [0.4, 0.5) is 8.78 Å². The first-order valence-electron chi connectivity index (χ1n) is 5.98. The van der Waals surface area contributed by atoms with Gasteiger partial charge in [0.2, 0.25) is 0 Å². The second-order valence-corrected chi connectivity index (χ2v) is 5.83. The molecule has 2 aromatic rings. The molecule has 2 aromatic carbocycles. The Morgan fingerprint density at radius 3 is 2.67 bits per heavy atom. The van der Waals surface area contributed by atoms with Crippen molar-refractivity contribution in [2.45, 2.75) is 17.6 Å². The van der Waals surface area contributed by atoms with Crippen molar-refractivity contribution in [1.29, 1.82) is 0 Å². The normalized spacial score (nSPS) is 10.7. The molecule has 6 heteroatoms. The topological polar surface area (TPSA) is 37.3 Å². The molecule has 0 spiro atoms. The Balaban J connectivity index is 2.28. The largest absolute Gasteiger partial charge is 0.507 e. The van der Waals surface area contributed by atoms with Crippen molar-refractivity contribution in [1.82, 2.24) is 0 Å². The molecule has 0 radical (unpaired) electrons. The predicted molar refractivity (Wildman–Crippen MR) is 79.0 cm³/mol. The number of thioether (sulfide) groups is 1. The summed E-state index contributed by atoms with van der Waals surface area (Å²) < 4.78 is 26.6. The van der Waals surface area contributed by atoms with Gasteiger partial charge in [-0.1, -0.05) is 11.6 Å². The standard InChI is InChI=1S/C15H11ClF2O2S/c1-8(19)12-5-10(16)4-9(15(12)20)7-21-14-6-11(17)2-3-13(14)18/h2-6,20H,7H2,1H3. The summed E-state index contributed by atoms with van der Waals surface area (Å²) >= 11 is 6.91. The molecule has 110 valence electrons. The Bertz CT molecular complexity index is 704. The average molecular weight is 329 g/mol. The molecule has 21 heavy (non-hydrogen) atoms. The number of hydrogen-bond donors (Lipinski definition) is 1. The van der Waals surface area contributed by atoms with Gasteiger partial charge in [-0.05, 0) is 37.3 Å². The van der Waals surface area contributed by atoms with Crippen LogP contribution < -0.4 is 0 Å². The number of rotatable bonds is 4. The molecule has 0 bridgehead atoms. The number of Topliss-reactive ketones (excluding diaryl/α,β-unsaturated/α-hetero) is 1. The summed E-state index contributed by atoms with van der Waals surface area (Å²) in [5.74, 6) is -1.43. The summed E-state index contributed by atoms with van der Waals surface area (Å²) in [7, 11) is 0. The number of benzene rings is 2. The Morgan fingerprint density at radius 2 is 2.00 bits per heavy atom. The summed E-state index contributed by atoms with van der Waals surface area (Å²) in [6, 6.07) is 6.01. The van der Waals surface area contributed by atoms with Gasteiger partial charge in [0.25, 0.3) is 0 Å². The minimum absolute atomic E-state index is 0.109. The number of phenols is 1. The zero-order chi connectivity index (χ0) is 15.6. The van der Waals surface area contributed by atoms with Crippen LogP contribution in [0.2, 0.25) is 5.02 Å². The molecule has 0 saturated heterocycles. The zero-order valence-corrected chi connectivity index (χ0v) is 12.6. The van der Waals surface area contributed by atoms with E-state index in [2.05, 4.69) is 0 Å². The molecular weight excluding hydrogens is 318 g/mol. The molecule has 0 atom stereocenters. The van der Waals surface area contributed by atoms with Gasteiger partial charge < -0.3 is 5.11 Å². The van der Waals surface area contributed by atoms with Crippen LogP contribution in [-0.2, 0) is 5.75 Å². The summed E-state index contributed by atoms with van der Waals surface area (Å²) in [6.07, 6.45) is 0. The molecule has 0 unspecified atom stereocenters. The first kappa shape index (κ1) is 15.8. The number of carbonyl (C=O) groups excluding carboxylic acids is 1. The third-order valence-corrected chi connectivity index (χ3v) is 4.11. The maximum absolute atomic E-state index is 13.5. The van der Waals surface area contributed by atoms with Gasteiger partial charge in [0.05, 0.1) is 5.56 Å². The molecule has 0 heterocycles. The SMILES string of the molecule is CC(=O)c1cc(Cl)cc(CSc2cc(F)ccc2F)c1O. The molecule has 2 nitrogen and oxygen atoms in total. The lowest BCUT2D eigenvalue weighted by molar-refractivity contribution is 0.101. The van der Waals surface area contributed by atoms with Crippen LogP contribution in [0, 0.1) is 11.6 Å². The van der Waals surface area contributed by atoms with Crippen LogP contribution in [0.3, 0.4) is 0 Å². The summed E-state index contributed by atoms with van der Waals surface area (Å²) in [6.45, 7) is 1.31. The number of ketones is 1. The van der Waals surface area contributed by atoms with Gasteiger partial charge in [-0.15, -0.1) is 11.8 Å². The van der Waals surface area contributed by atoms with E-state index in [4.69, 9.17) is 11.6 Å². The van der Waals surface area contributed by atoms with Crippen LogP contribution in [0.25, 0.3) is 0 Å². The fourth-order valence-electron chi connectivity index (χ4n) is 1.78. The first-order chi connectivity index (χ1) is 9.88. The lowest BCUT2D eigenvalue weighted by atomic mass is 10.1. The van der Waals surface area contributed by atoms with Crippen molar-refractivity contribution in [2.24, 2.45) is 0 Å². The molecule has 1 N–H and O–H groups in total. The molecule has 0 aliphatic rings. The zero-order valence-electron chi connectivity index (χ0n) is 11.0. The lowest BCUT2D eigenvalue weighted by Crippen LogP contribution is -1.96. The third-order valence-electron chi connectivity index (χ3n) is 2.81. The molecule has 0 fully saturated rings. The quantitative estimate of drug-likeness (QED) is 0.646. The van der Waals surface area contributed by atoms with E-state index >= 15 is 0 Å². The van der Waals surface area contributed by atoms with Gasteiger partial charge in [-0.3, -0.25) is 4.79 Å². The van der Waals surface area contributed by atoms with E-state index in [1.165, 1.54) is 19.1 Å². The first-order valence-corrected chi connectivity index (χ1v) is 7.35. The van der Waals surface area contributed by atoms with Crippen LogP contribution in [0.1, 0.15) is 22.8 Å². The van der Waals surface area contributed by atoms with Gasteiger partial charge in [-0.25, -0.2) is 8.78 Å². The van der Waals surface area contributed by atoms with Crippen LogP contribution >= 0.6 is 23.4 Å². The highest BCUT2D eigenvalue weighted by Gasteiger charge is 2.14. The molecule has 2 rings (SSSR count). The van der Waals surface area contributed by atoms with E-state index in [-0.39, 0.29) is 27.7 Å². The highest BCUT2D eigenvalue weighted by atomic mass is 35.5. The van der Waals surface area contributed by atoms with E-state index in [1.54, 1.807) is 0 Å². The molecule has 0 aliphatic carbocycles. The van der Waals surface area contributed by atoms with Crippen LogP contribution in [0.15, 0.2) is 35.2 Å². The molecular formula is C15H11ClF2O2S. The maximum Gasteiger partial charge on any atom is 0.163 e. The van der Waals surface area contributed by atoms with E-state index in [0.717, 1.165) is 30.0 Å². The number of phenolic OH excluding ortho intramolecular Hbond substituents is 1. The Kier molecular flexibility index (Phi) is 4.85. The van der Waals surface area contributed by atoms with Crippen molar-refractivity contribution in [3.05, 3.63) is 58.1 Å². The van der Waals surface area contributed by atoms with Crippen molar-refractivity contribution < 1.29 is 18.7 Å². The lowest BCUT2D eigenvalue weighted by Gasteiger charge is -2.09. The number of aromatic hydroxyl groups is 1. The number of hydrogen-bond acceptors (Lipinski definition) is 3. The Morgan fingerprint density at radius 1 is 1.29 bits per heavy atom. The van der Waals surface area contributed by atoms with Crippen molar-refractivity contribution in [2.75, 3.05) is 0 Å². The Labute approximate surface area is 129 Å². The monoisotopic (exact) mass is 328 g/mol. The van der Waals surface area contributed by atoms with E-state index in [0.29, 0.717) is 10.6 Å². The predicted octanol–water partition coefficient (Wildman–Crippen LogP) is 4.82. The van der Waals surface area contributed by atoms with E-state index in [9.17, 15) is 18.7 Å². The van der Waals surface area contributed by atoms with Gasteiger partial charge >= 0.3 is 0 Å². The second-order valence-electron chi connectivity index (χ2n) is 4.38. The molecule has 0 amide bonds. The highest BCUT2D eigenvalue weighted by molar-refractivity contribution is 7.98. The smallest absolute Gasteiger partial charge is 0.163 e. The van der Waals surface area contributed by atoms with Gasteiger partial charge in [0.1, 0.15) is 17.4 Å². The van der Waals surface area contributed by atoms with Crippen molar-refractivity contribution in [3.8, 4) is 5.75 Å². The van der Waals surface area contributed by atoms with E-state index < -0.39 is 11.6 Å². The van der Waals surface area contributed by atoms with Gasteiger partial charge in [0.15, 0.2) is 5.78 Å². The summed E-state index contributed by atoms with van der Waals surface area (Å²) in [4.78, 5) is 11.5. The maximum atomic E-state index is 13.5. The molecule has 0 saturated carbocycles. The van der Waals surface area contributed by atoms with Crippen LogP contribution in [0.5, 0.6) is 5.75 Å². The third kappa shape index (κ3) is 3.74. The molecule has 0 aromatic heterocycles. The fourth-order valence-corrected chi connectivity index (χ4v) is 2.95. The minimum atomic E-state index is -0.547. The van der Waals surface area contributed by atoms with E-state index in [1.807, 2.05) is 0 Å². The van der Waals surface area contributed by atoms with Crippen molar-refractivity contribution in [3.63, 3.8) is 0 Å². The second kappa shape index (κ2) is 6.45. The van der Waals surface area contributed by atoms with Gasteiger partial charge in [-0.2, -0.15) is 0 Å². The number of halogens is 3. The average Bonchev–Trinajstić information content (AvgIpc) is 2.42. The minimum Gasteiger partial charge on any atom is -0.507 e. The fraction of sp³-hybridized carbons (Fsp3) is 0.133. The summed E-state index contributed by atoms with van der Waals surface area (Å²) in [5.41, 5.74) is 0.499. The highest BCUT2D eigenvalue weighted by Crippen LogP contribution is 2.33. The van der Waals surface area contributed by atoms with Crippen LogP contribution in [-0.4, -0.2) is 10.9 Å². The number of carbonyl (C=O) groups is 1. The Hall–Kier alpha value is -1.59. The summed E-state index contributed by atoms with van der Waals surface area (Å²) in [5, 5.41) is 10.3. The van der Waals surface area contributed by atoms with Gasteiger partial charge in [0, 0.05) is 21.2 Å².